The molecular weight excluding hydrogens is 282 g/mol. The number of halogens is 1. The average Bonchev–Trinajstić information content (AvgIpc) is 2.81. The molecule has 5 heteroatoms. The van der Waals surface area contributed by atoms with E-state index < -0.39 is 0 Å². The number of rotatable bonds is 1. The first-order chi connectivity index (χ1) is 8.16. The number of aromatic nitrogens is 2. The summed E-state index contributed by atoms with van der Waals surface area (Å²) < 4.78 is 6.24. The summed E-state index contributed by atoms with van der Waals surface area (Å²) in [6, 6.07) is 6.05. The summed E-state index contributed by atoms with van der Waals surface area (Å²) in [5, 5.41) is 4.79. The second-order valence-corrected chi connectivity index (χ2v) is 4.84. The minimum Gasteiger partial charge on any atom is -0.394 e. The highest BCUT2D eigenvalue weighted by molar-refractivity contribution is 9.10. The van der Waals surface area contributed by atoms with Gasteiger partial charge in [-0.25, -0.2) is 0 Å². The summed E-state index contributed by atoms with van der Waals surface area (Å²) in [7, 11) is 0. The van der Waals surface area contributed by atoms with Gasteiger partial charge in [-0.1, -0.05) is 21.1 Å². The van der Waals surface area contributed by atoms with E-state index in [4.69, 9.17) is 10.3 Å². The number of nitrogen functional groups attached to an aromatic ring is 1. The van der Waals surface area contributed by atoms with E-state index in [2.05, 4.69) is 26.1 Å². The zero-order valence-electron chi connectivity index (χ0n) is 9.12. The Labute approximate surface area is 106 Å². The van der Waals surface area contributed by atoms with Crippen molar-refractivity contribution in [3.8, 4) is 11.3 Å². The number of aryl methyl sites for hydroxylation is 1. The molecule has 0 saturated carbocycles. The molecule has 3 rings (SSSR count). The van der Waals surface area contributed by atoms with Crippen LogP contribution in [0.3, 0.4) is 0 Å². The Morgan fingerprint density at radius 2 is 2.24 bits per heavy atom. The Morgan fingerprint density at radius 3 is 2.94 bits per heavy atom. The van der Waals surface area contributed by atoms with Gasteiger partial charge in [0.25, 0.3) is 0 Å². The summed E-state index contributed by atoms with van der Waals surface area (Å²) >= 11 is 3.47. The molecule has 0 aliphatic heterocycles. The lowest BCUT2D eigenvalue weighted by Gasteiger charge is -1.98. The van der Waals surface area contributed by atoms with Crippen LogP contribution in [0.1, 0.15) is 5.69 Å². The third kappa shape index (κ3) is 1.54. The van der Waals surface area contributed by atoms with Crippen LogP contribution in [0.4, 0.5) is 5.69 Å². The number of nitrogens with one attached hydrogen (secondary N) is 1. The summed E-state index contributed by atoms with van der Waals surface area (Å²) in [6.07, 6.45) is 1.52. The quantitative estimate of drug-likeness (QED) is 0.721. The van der Waals surface area contributed by atoms with Crippen LogP contribution in [0.2, 0.25) is 0 Å². The number of nitrogens with two attached hydrogens (primary N) is 1. The van der Waals surface area contributed by atoms with Crippen LogP contribution >= 0.6 is 15.9 Å². The maximum atomic E-state index is 5.85. The van der Waals surface area contributed by atoms with E-state index in [0.29, 0.717) is 11.4 Å². The molecule has 0 aliphatic rings. The number of H-pyrrole nitrogens is 1. The molecule has 0 fully saturated rings. The molecule has 4 nitrogen and oxygen atoms in total. The van der Waals surface area contributed by atoms with Crippen LogP contribution in [0.25, 0.3) is 22.2 Å². The largest absolute Gasteiger partial charge is 0.394 e. The third-order valence-corrected chi connectivity index (χ3v) is 3.27. The van der Waals surface area contributed by atoms with Gasteiger partial charge in [0.15, 0.2) is 5.76 Å². The van der Waals surface area contributed by atoms with E-state index in [1.54, 1.807) is 0 Å². The first-order valence-corrected chi connectivity index (χ1v) is 5.94. The lowest BCUT2D eigenvalue weighted by molar-refractivity contribution is 0.432. The topological polar surface area (TPSA) is 67.8 Å². The number of hydrogen-bond donors (Lipinski definition) is 2. The average molecular weight is 292 g/mol. The first kappa shape index (κ1) is 10.4. The van der Waals surface area contributed by atoms with E-state index in [1.165, 1.54) is 6.20 Å². The highest BCUT2D eigenvalue weighted by Gasteiger charge is 2.16. The predicted octanol–water partition coefficient (Wildman–Crippen LogP) is 3.48. The lowest BCUT2D eigenvalue weighted by Crippen LogP contribution is -1.85. The van der Waals surface area contributed by atoms with Crippen molar-refractivity contribution >= 4 is 32.5 Å². The molecule has 0 amide bonds. The molecule has 0 saturated heterocycles. The molecule has 3 aromatic rings. The number of anilines is 1. The molecule has 1 aromatic carbocycles. The van der Waals surface area contributed by atoms with Crippen molar-refractivity contribution in [1.82, 2.24) is 10.1 Å². The van der Waals surface area contributed by atoms with Crippen molar-refractivity contribution in [1.29, 1.82) is 0 Å². The second-order valence-electron chi connectivity index (χ2n) is 3.93. The number of fused-ring (bicyclic) bond motifs is 1. The molecule has 17 heavy (non-hydrogen) atoms. The second kappa shape index (κ2) is 3.63. The fraction of sp³-hybridized carbons (Fsp3) is 0.0833. The van der Waals surface area contributed by atoms with E-state index in [-0.39, 0.29) is 0 Å². The Hall–Kier alpha value is -1.75. The van der Waals surface area contributed by atoms with Gasteiger partial charge in [-0.15, -0.1) is 0 Å². The minimum absolute atomic E-state index is 0.550. The SMILES string of the molecule is Cc1[nH]c2ccc(Br)cc2c1-c1oncc1N. The number of benzene rings is 1. The van der Waals surface area contributed by atoms with Crippen molar-refractivity contribution in [2.24, 2.45) is 0 Å². The molecule has 0 aliphatic carbocycles. The zero-order valence-corrected chi connectivity index (χ0v) is 10.7. The smallest absolute Gasteiger partial charge is 0.192 e. The molecule has 2 heterocycles. The Morgan fingerprint density at radius 1 is 1.41 bits per heavy atom. The van der Waals surface area contributed by atoms with E-state index in [0.717, 1.165) is 26.6 Å². The molecule has 0 bridgehead atoms. The van der Waals surface area contributed by atoms with Gasteiger partial charge in [-0.2, -0.15) is 0 Å². The monoisotopic (exact) mass is 291 g/mol. The van der Waals surface area contributed by atoms with E-state index in [9.17, 15) is 0 Å². The van der Waals surface area contributed by atoms with E-state index >= 15 is 0 Å². The summed E-state index contributed by atoms with van der Waals surface area (Å²) in [5.74, 6) is 0.617. The van der Waals surface area contributed by atoms with Gasteiger partial charge in [-0.05, 0) is 25.1 Å². The Bertz CT molecular complexity index is 699. The molecule has 0 spiro atoms. The summed E-state index contributed by atoms with van der Waals surface area (Å²) in [6.45, 7) is 1.99. The van der Waals surface area contributed by atoms with Crippen molar-refractivity contribution < 1.29 is 4.52 Å². The van der Waals surface area contributed by atoms with Gasteiger partial charge < -0.3 is 15.2 Å². The van der Waals surface area contributed by atoms with Gasteiger partial charge in [0, 0.05) is 21.1 Å². The molecule has 3 N–H and O–H groups in total. The van der Waals surface area contributed by atoms with Crippen LogP contribution in [-0.2, 0) is 0 Å². The van der Waals surface area contributed by atoms with Crippen LogP contribution in [0.5, 0.6) is 0 Å². The third-order valence-electron chi connectivity index (χ3n) is 2.77. The number of hydrogen-bond acceptors (Lipinski definition) is 3. The standard InChI is InChI=1S/C12H10BrN3O/c1-6-11(12-9(14)5-15-17-12)8-4-7(13)2-3-10(8)16-6/h2-5,16H,14H2,1H3. The van der Waals surface area contributed by atoms with Gasteiger partial charge in [0.05, 0.1) is 11.8 Å². The highest BCUT2D eigenvalue weighted by Crippen LogP contribution is 2.36. The fourth-order valence-corrected chi connectivity index (χ4v) is 2.39. The van der Waals surface area contributed by atoms with Gasteiger partial charge in [-0.3, -0.25) is 0 Å². The first-order valence-electron chi connectivity index (χ1n) is 5.15. The number of nitrogens with zero attached hydrogens (tertiary/aromatic N) is 1. The maximum absolute atomic E-state index is 5.85. The van der Waals surface area contributed by atoms with Crippen molar-refractivity contribution in [3.05, 3.63) is 34.6 Å². The summed E-state index contributed by atoms with van der Waals surface area (Å²) in [5.41, 5.74) is 9.43. The molecular formula is C12H10BrN3O. The van der Waals surface area contributed by atoms with Crippen molar-refractivity contribution in [2.75, 3.05) is 5.73 Å². The molecule has 0 radical (unpaired) electrons. The van der Waals surface area contributed by atoms with Gasteiger partial charge in [0.1, 0.15) is 5.69 Å². The predicted molar refractivity (Wildman–Crippen MR) is 70.6 cm³/mol. The van der Waals surface area contributed by atoms with Crippen LogP contribution in [0, 0.1) is 6.92 Å². The van der Waals surface area contributed by atoms with Crippen molar-refractivity contribution in [3.63, 3.8) is 0 Å². The van der Waals surface area contributed by atoms with Crippen LogP contribution in [0.15, 0.2) is 33.4 Å². The fourth-order valence-electron chi connectivity index (χ4n) is 2.03. The number of aromatic amines is 1. The molecule has 2 aromatic heterocycles. The zero-order chi connectivity index (χ0) is 12.0. The Balaban J connectivity index is 2.39. The van der Waals surface area contributed by atoms with E-state index in [1.807, 2.05) is 25.1 Å². The highest BCUT2D eigenvalue weighted by atomic mass is 79.9. The normalized spacial score (nSPS) is 11.2. The van der Waals surface area contributed by atoms with Crippen LogP contribution in [-0.4, -0.2) is 10.1 Å². The maximum Gasteiger partial charge on any atom is 0.192 e. The van der Waals surface area contributed by atoms with Gasteiger partial charge in [0.2, 0.25) is 0 Å². The molecule has 86 valence electrons. The molecule has 0 atom stereocenters. The molecule has 0 unspecified atom stereocenters. The lowest BCUT2D eigenvalue weighted by atomic mass is 10.1. The minimum atomic E-state index is 0.550. The Kier molecular flexibility index (Phi) is 2.22. The van der Waals surface area contributed by atoms with Crippen molar-refractivity contribution in [2.45, 2.75) is 6.92 Å². The van der Waals surface area contributed by atoms with Crippen LogP contribution < -0.4 is 5.73 Å². The summed E-state index contributed by atoms with van der Waals surface area (Å²) in [4.78, 5) is 3.31. The van der Waals surface area contributed by atoms with Gasteiger partial charge >= 0.3 is 0 Å².